The van der Waals surface area contributed by atoms with Crippen LogP contribution < -0.4 is 11.1 Å². The molecule has 0 radical (unpaired) electrons. The van der Waals surface area contributed by atoms with Crippen LogP contribution in [0.1, 0.15) is 31.7 Å². The van der Waals surface area contributed by atoms with Crippen molar-refractivity contribution in [2.75, 3.05) is 5.73 Å². The fourth-order valence-electron chi connectivity index (χ4n) is 2.79. The lowest BCUT2D eigenvalue weighted by Gasteiger charge is -2.27. The Bertz CT molecular complexity index is 530. The normalized spacial score (nSPS) is 25.4. The predicted octanol–water partition coefficient (Wildman–Crippen LogP) is 1.57. The first-order valence-corrected chi connectivity index (χ1v) is 6.79. The van der Waals surface area contributed by atoms with Gasteiger partial charge in [0.05, 0.1) is 11.8 Å². The average molecular weight is 276 g/mol. The number of hydrogen-bond acceptors (Lipinski definition) is 3. The van der Waals surface area contributed by atoms with Crippen molar-refractivity contribution in [2.24, 2.45) is 5.41 Å². The molecule has 1 fully saturated rings. The van der Waals surface area contributed by atoms with E-state index in [2.05, 4.69) is 5.32 Å². The molecule has 2 atom stereocenters. The highest BCUT2D eigenvalue weighted by Crippen LogP contribution is 2.38. The number of carboxylic acids is 1. The summed E-state index contributed by atoms with van der Waals surface area (Å²) >= 11 is 0. The summed E-state index contributed by atoms with van der Waals surface area (Å²) in [5.41, 5.74) is 6.26. The number of nitrogen functional groups attached to an aromatic ring is 1. The van der Waals surface area contributed by atoms with Gasteiger partial charge in [0.1, 0.15) is 0 Å². The van der Waals surface area contributed by atoms with Crippen LogP contribution in [-0.4, -0.2) is 23.0 Å². The molecular formula is C15H20N2O3. The summed E-state index contributed by atoms with van der Waals surface area (Å²) in [5.74, 6) is -1.00. The molecule has 2 rings (SSSR count). The highest BCUT2D eigenvalue weighted by Gasteiger charge is 2.45. The van der Waals surface area contributed by atoms with E-state index in [1.807, 2.05) is 6.07 Å². The predicted molar refractivity (Wildman–Crippen MR) is 76.1 cm³/mol. The van der Waals surface area contributed by atoms with E-state index in [9.17, 15) is 14.7 Å². The van der Waals surface area contributed by atoms with E-state index in [1.165, 1.54) is 0 Å². The van der Waals surface area contributed by atoms with Crippen LogP contribution in [0.4, 0.5) is 5.69 Å². The van der Waals surface area contributed by atoms with Gasteiger partial charge in [-0.2, -0.15) is 0 Å². The Morgan fingerprint density at radius 3 is 2.90 bits per heavy atom. The summed E-state index contributed by atoms with van der Waals surface area (Å²) in [7, 11) is 0. The molecule has 5 nitrogen and oxygen atoms in total. The van der Waals surface area contributed by atoms with Crippen molar-refractivity contribution >= 4 is 17.6 Å². The zero-order chi connectivity index (χ0) is 14.8. The van der Waals surface area contributed by atoms with Gasteiger partial charge >= 0.3 is 5.97 Å². The van der Waals surface area contributed by atoms with E-state index in [4.69, 9.17) is 5.73 Å². The fourth-order valence-corrected chi connectivity index (χ4v) is 2.79. The molecule has 1 aliphatic carbocycles. The number of aliphatic carboxylic acids is 1. The Morgan fingerprint density at radius 2 is 2.25 bits per heavy atom. The molecule has 5 heteroatoms. The first-order valence-electron chi connectivity index (χ1n) is 6.79. The maximum Gasteiger partial charge on any atom is 0.311 e. The summed E-state index contributed by atoms with van der Waals surface area (Å²) in [5, 5.41) is 12.2. The van der Waals surface area contributed by atoms with Crippen LogP contribution in [0.3, 0.4) is 0 Å². The molecule has 0 spiro atoms. The minimum Gasteiger partial charge on any atom is -0.481 e. The van der Waals surface area contributed by atoms with Gasteiger partial charge in [-0.25, -0.2) is 0 Å². The van der Waals surface area contributed by atoms with Crippen molar-refractivity contribution in [2.45, 2.75) is 38.6 Å². The molecule has 108 valence electrons. The molecule has 1 saturated carbocycles. The van der Waals surface area contributed by atoms with E-state index in [0.717, 1.165) is 12.0 Å². The second kappa shape index (κ2) is 5.53. The topological polar surface area (TPSA) is 92.4 Å². The molecule has 0 saturated heterocycles. The average Bonchev–Trinajstić information content (AvgIpc) is 2.72. The maximum atomic E-state index is 12.0. The molecule has 1 aromatic carbocycles. The van der Waals surface area contributed by atoms with E-state index >= 15 is 0 Å². The highest BCUT2D eigenvalue weighted by molar-refractivity contribution is 5.81. The summed E-state index contributed by atoms with van der Waals surface area (Å²) in [4.78, 5) is 23.4. The number of nitrogens with two attached hydrogens (primary N) is 1. The zero-order valence-electron chi connectivity index (χ0n) is 11.6. The first-order chi connectivity index (χ1) is 9.41. The van der Waals surface area contributed by atoms with Gasteiger partial charge in [0.25, 0.3) is 0 Å². The number of carbonyl (C=O) groups is 2. The Labute approximate surface area is 118 Å². The van der Waals surface area contributed by atoms with Crippen LogP contribution in [0, 0.1) is 5.41 Å². The second-order valence-electron chi connectivity index (χ2n) is 5.66. The quantitative estimate of drug-likeness (QED) is 0.728. The van der Waals surface area contributed by atoms with Gasteiger partial charge in [-0.05, 0) is 37.5 Å². The summed E-state index contributed by atoms with van der Waals surface area (Å²) in [6.45, 7) is 1.70. The highest BCUT2D eigenvalue weighted by atomic mass is 16.4. The second-order valence-corrected chi connectivity index (χ2v) is 5.66. The minimum absolute atomic E-state index is 0.157. The third kappa shape index (κ3) is 2.92. The molecule has 1 aromatic rings. The number of carboxylic acid groups (broad SMARTS) is 1. The lowest BCUT2D eigenvalue weighted by Crippen LogP contribution is -2.47. The van der Waals surface area contributed by atoms with E-state index < -0.39 is 11.4 Å². The number of benzene rings is 1. The molecule has 1 amide bonds. The van der Waals surface area contributed by atoms with Crippen molar-refractivity contribution in [3.63, 3.8) is 0 Å². The van der Waals surface area contributed by atoms with Crippen molar-refractivity contribution < 1.29 is 14.7 Å². The number of carbonyl (C=O) groups excluding carboxylic acids is 1. The van der Waals surface area contributed by atoms with Gasteiger partial charge < -0.3 is 16.2 Å². The van der Waals surface area contributed by atoms with Crippen LogP contribution in [-0.2, 0) is 16.0 Å². The molecule has 2 unspecified atom stereocenters. The summed E-state index contributed by atoms with van der Waals surface area (Å²) in [6.07, 6.45) is 2.36. The zero-order valence-corrected chi connectivity index (χ0v) is 11.6. The molecule has 0 aromatic heterocycles. The number of nitrogens with one attached hydrogen (secondary N) is 1. The number of hydrogen-bond donors (Lipinski definition) is 3. The monoisotopic (exact) mass is 276 g/mol. The van der Waals surface area contributed by atoms with Gasteiger partial charge in [0.15, 0.2) is 0 Å². The Kier molecular flexibility index (Phi) is 3.97. The molecule has 20 heavy (non-hydrogen) atoms. The van der Waals surface area contributed by atoms with Crippen LogP contribution in [0.25, 0.3) is 0 Å². The van der Waals surface area contributed by atoms with Crippen molar-refractivity contribution in [3.05, 3.63) is 29.8 Å². The maximum absolute atomic E-state index is 12.0. The third-order valence-corrected chi connectivity index (χ3v) is 4.10. The molecule has 0 bridgehead atoms. The Morgan fingerprint density at radius 1 is 1.50 bits per heavy atom. The third-order valence-electron chi connectivity index (χ3n) is 4.10. The van der Waals surface area contributed by atoms with Crippen molar-refractivity contribution in [1.82, 2.24) is 5.32 Å². The largest absolute Gasteiger partial charge is 0.481 e. The Hall–Kier alpha value is -2.04. The Balaban J connectivity index is 2.00. The summed E-state index contributed by atoms with van der Waals surface area (Å²) < 4.78 is 0. The summed E-state index contributed by atoms with van der Waals surface area (Å²) in [6, 6.07) is 6.86. The molecule has 4 N–H and O–H groups in total. The van der Waals surface area contributed by atoms with Crippen molar-refractivity contribution in [1.29, 1.82) is 0 Å². The molecule has 0 heterocycles. The number of anilines is 1. The van der Waals surface area contributed by atoms with Crippen LogP contribution in [0.5, 0.6) is 0 Å². The van der Waals surface area contributed by atoms with Crippen LogP contribution in [0.15, 0.2) is 24.3 Å². The number of rotatable bonds is 4. The first kappa shape index (κ1) is 14.4. The van der Waals surface area contributed by atoms with Crippen LogP contribution in [0.2, 0.25) is 0 Å². The van der Waals surface area contributed by atoms with Gasteiger partial charge in [0, 0.05) is 11.7 Å². The lowest BCUT2D eigenvalue weighted by molar-refractivity contribution is -0.149. The molecular weight excluding hydrogens is 256 g/mol. The van der Waals surface area contributed by atoms with Gasteiger partial charge in [-0.15, -0.1) is 0 Å². The van der Waals surface area contributed by atoms with E-state index in [0.29, 0.717) is 18.5 Å². The lowest BCUT2D eigenvalue weighted by atomic mass is 9.85. The molecule has 0 aliphatic heterocycles. The fraction of sp³-hybridized carbons (Fsp3) is 0.467. The smallest absolute Gasteiger partial charge is 0.311 e. The van der Waals surface area contributed by atoms with E-state index in [1.54, 1.807) is 25.1 Å². The van der Waals surface area contributed by atoms with Gasteiger partial charge in [-0.1, -0.05) is 18.6 Å². The van der Waals surface area contributed by atoms with Crippen molar-refractivity contribution in [3.8, 4) is 0 Å². The minimum atomic E-state index is -0.856. The SMILES string of the molecule is CC1(C(=O)O)CCCC1NC(=O)Cc1cccc(N)c1. The molecule has 1 aliphatic rings. The van der Waals surface area contributed by atoms with Crippen LogP contribution >= 0.6 is 0 Å². The van der Waals surface area contributed by atoms with E-state index in [-0.39, 0.29) is 18.4 Å². The number of amides is 1. The standard InChI is InChI=1S/C15H20N2O3/c1-15(14(19)20)7-3-6-12(15)17-13(18)9-10-4-2-5-11(16)8-10/h2,4-5,8,12H,3,6-7,9,16H2,1H3,(H,17,18)(H,19,20). The van der Waals surface area contributed by atoms with Gasteiger partial charge in [-0.3, -0.25) is 9.59 Å². The van der Waals surface area contributed by atoms with Gasteiger partial charge in [0.2, 0.25) is 5.91 Å².